The Morgan fingerprint density at radius 3 is 2.24 bits per heavy atom. The first-order chi connectivity index (χ1) is 18.0. The summed E-state index contributed by atoms with van der Waals surface area (Å²) >= 11 is 0. The molecule has 6 rings (SSSR count). The number of nitrogens with one attached hydrogen (secondary N) is 1. The summed E-state index contributed by atoms with van der Waals surface area (Å²) in [6, 6.07) is 11.6. The van der Waals surface area contributed by atoms with Crippen molar-refractivity contribution in [2.75, 3.05) is 34.7 Å². The average Bonchev–Trinajstić information content (AvgIpc) is 3.64. The number of carbonyl (C=O) groups is 1. The largest absolute Gasteiger partial charge is 0.493 e. The van der Waals surface area contributed by atoms with Crippen molar-refractivity contribution < 1.29 is 37.6 Å². The minimum absolute atomic E-state index is 0.111. The van der Waals surface area contributed by atoms with Crippen molar-refractivity contribution in [1.29, 1.82) is 0 Å². The molecule has 3 heterocycles. The van der Waals surface area contributed by atoms with Crippen LogP contribution < -0.4 is 29.0 Å². The zero-order chi connectivity index (χ0) is 25.7. The van der Waals surface area contributed by atoms with Gasteiger partial charge in [0.25, 0.3) is 0 Å². The highest BCUT2D eigenvalue weighted by Gasteiger charge is 2.52. The lowest BCUT2D eigenvalue weighted by Crippen LogP contribution is -2.40. The number of benzene rings is 2. The third-order valence-corrected chi connectivity index (χ3v) is 7.53. The highest BCUT2D eigenvalue weighted by molar-refractivity contribution is 5.79. The highest BCUT2D eigenvalue weighted by Crippen LogP contribution is 2.55. The Kier molecular flexibility index (Phi) is 5.87. The fraction of sp³-hybridized carbons (Fsp3) is 0.393. The summed E-state index contributed by atoms with van der Waals surface area (Å²) in [5.41, 5.74) is 2.86. The predicted molar refractivity (Wildman–Crippen MR) is 131 cm³/mol. The van der Waals surface area contributed by atoms with Crippen LogP contribution in [0.3, 0.4) is 0 Å². The molecule has 3 aromatic rings. The van der Waals surface area contributed by atoms with E-state index in [1.165, 1.54) is 0 Å². The number of hydrogen-bond acceptors (Lipinski definition) is 9. The molecule has 1 aromatic heterocycles. The van der Waals surface area contributed by atoms with Gasteiger partial charge in [-0.1, -0.05) is 0 Å². The molecule has 2 aliphatic heterocycles. The van der Waals surface area contributed by atoms with Crippen molar-refractivity contribution >= 4 is 5.97 Å². The number of hydrogen-bond donors (Lipinski definition) is 1. The van der Waals surface area contributed by atoms with Crippen LogP contribution in [0.15, 0.2) is 40.8 Å². The maximum Gasteiger partial charge on any atom is 0.310 e. The Hall–Kier alpha value is -3.85. The minimum atomic E-state index is -0.425. The van der Waals surface area contributed by atoms with Crippen molar-refractivity contribution in [2.24, 2.45) is 11.8 Å². The molecule has 1 saturated heterocycles. The first-order valence-electron chi connectivity index (χ1n) is 12.2. The molecule has 0 saturated carbocycles. The molecule has 2 aromatic carbocycles. The Labute approximate surface area is 214 Å². The molecule has 1 N–H and O–H groups in total. The zero-order valence-electron chi connectivity index (χ0n) is 21.2. The van der Waals surface area contributed by atoms with E-state index in [0.29, 0.717) is 41.9 Å². The molecule has 1 fully saturated rings. The lowest BCUT2D eigenvalue weighted by molar-refractivity contribution is -0.141. The summed E-state index contributed by atoms with van der Waals surface area (Å²) in [5, 5.41) is 3.63. The van der Waals surface area contributed by atoms with E-state index in [9.17, 15) is 4.79 Å². The van der Waals surface area contributed by atoms with E-state index in [-0.39, 0.29) is 30.6 Å². The Balaban J connectivity index is 1.50. The predicted octanol–water partition coefficient (Wildman–Crippen LogP) is 4.11. The van der Waals surface area contributed by atoms with Crippen LogP contribution >= 0.6 is 0 Å². The molecular formula is C28H29NO8. The van der Waals surface area contributed by atoms with Crippen LogP contribution in [-0.4, -0.2) is 40.7 Å². The van der Waals surface area contributed by atoms with Crippen LogP contribution in [0.4, 0.5) is 0 Å². The van der Waals surface area contributed by atoms with Gasteiger partial charge in [0, 0.05) is 17.9 Å². The van der Waals surface area contributed by atoms with Crippen molar-refractivity contribution in [3.05, 3.63) is 64.6 Å². The van der Waals surface area contributed by atoms with Gasteiger partial charge < -0.3 is 38.2 Å². The Morgan fingerprint density at radius 2 is 1.62 bits per heavy atom. The molecule has 0 amide bonds. The van der Waals surface area contributed by atoms with Gasteiger partial charge >= 0.3 is 5.97 Å². The molecule has 4 atom stereocenters. The molecule has 37 heavy (non-hydrogen) atoms. The van der Waals surface area contributed by atoms with E-state index in [1.807, 2.05) is 43.3 Å². The first kappa shape index (κ1) is 23.5. The van der Waals surface area contributed by atoms with Crippen molar-refractivity contribution in [3.63, 3.8) is 0 Å². The third kappa shape index (κ3) is 3.85. The number of methoxy groups -OCH3 is 3. The summed E-state index contributed by atoms with van der Waals surface area (Å²) in [5.74, 6) is 3.48. The summed E-state index contributed by atoms with van der Waals surface area (Å²) in [7, 11) is 4.73. The first-order valence-corrected chi connectivity index (χ1v) is 12.2. The molecule has 0 unspecified atom stereocenters. The molecule has 9 heteroatoms. The second kappa shape index (κ2) is 9.23. The summed E-state index contributed by atoms with van der Waals surface area (Å²) in [6.07, 6.45) is 0. The fourth-order valence-electron chi connectivity index (χ4n) is 5.90. The third-order valence-electron chi connectivity index (χ3n) is 7.53. The molecule has 194 valence electrons. The van der Waals surface area contributed by atoms with Crippen molar-refractivity contribution in [1.82, 2.24) is 5.32 Å². The van der Waals surface area contributed by atoms with E-state index >= 15 is 0 Å². The standard InChI is InChI=1S/C28H29NO8/c1-14-5-6-16(37-14)11-29-26-18-10-21-20(35-13-36-21)9-17(18)24(25-19(26)12-34-28(25)30)15-7-22(31-2)27(33-4)23(8-15)32-3/h5-10,19,24-26,29H,11-13H2,1-4H3/t19-,24+,25-,26+/m0/s1. The fourth-order valence-corrected chi connectivity index (χ4v) is 5.90. The van der Waals surface area contributed by atoms with E-state index in [4.69, 9.17) is 32.8 Å². The van der Waals surface area contributed by atoms with Crippen molar-refractivity contribution in [2.45, 2.75) is 25.4 Å². The van der Waals surface area contributed by atoms with Gasteiger partial charge in [-0.2, -0.15) is 0 Å². The van der Waals surface area contributed by atoms with Crippen molar-refractivity contribution in [3.8, 4) is 28.7 Å². The summed E-state index contributed by atoms with van der Waals surface area (Å²) in [6.45, 7) is 2.90. The number of carbonyl (C=O) groups excluding carboxylic acids is 1. The average molecular weight is 508 g/mol. The minimum Gasteiger partial charge on any atom is -0.493 e. The smallest absolute Gasteiger partial charge is 0.310 e. The summed E-state index contributed by atoms with van der Waals surface area (Å²) < 4.78 is 39.7. The van der Waals surface area contributed by atoms with Gasteiger partial charge in [0.05, 0.1) is 40.4 Å². The van der Waals surface area contributed by atoms with Gasteiger partial charge in [-0.3, -0.25) is 4.79 Å². The number of aryl methyl sites for hydroxylation is 1. The highest BCUT2D eigenvalue weighted by atomic mass is 16.7. The van der Waals surface area contributed by atoms with Gasteiger partial charge in [-0.05, 0) is 60.0 Å². The van der Waals surface area contributed by atoms with Crippen LogP contribution in [0, 0.1) is 18.8 Å². The van der Waals surface area contributed by atoms with Gasteiger partial charge in [0.1, 0.15) is 11.5 Å². The van der Waals surface area contributed by atoms with E-state index in [2.05, 4.69) is 5.32 Å². The van der Waals surface area contributed by atoms with E-state index in [0.717, 1.165) is 28.2 Å². The normalized spacial score (nSPS) is 23.3. The second-order valence-electron chi connectivity index (χ2n) is 9.46. The van der Waals surface area contributed by atoms with Crippen LogP contribution in [0.1, 0.15) is 40.2 Å². The maximum atomic E-state index is 13.3. The van der Waals surface area contributed by atoms with Crippen LogP contribution in [-0.2, 0) is 16.1 Å². The van der Waals surface area contributed by atoms with Gasteiger partial charge in [-0.25, -0.2) is 0 Å². The second-order valence-corrected chi connectivity index (χ2v) is 9.46. The van der Waals surface area contributed by atoms with E-state index in [1.54, 1.807) is 21.3 Å². The molecule has 1 aliphatic carbocycles. The number of esters is 1. The summed E-state index contributed by atoms with van der Waals surface area (Å²) in [4.78, 5) is 13.3. The number of cyclic esters (lactones) is 1. The van der Waals surface area contributed by atoms with E-state index < -0.39 is 5.92 Å². The zero-order valence-corrected chi connectivity index (χ0v) is 21.2. The topological polar surface area (TPSA) is 97.6 Å². The number of rotatable bonds is 7. The Morgan fingerprint density at radius 1 is 0.919 bits per heavy atom. The van der Waals surface area contributed by atoms with Crippen LogP contribution in [0.25, 0.3) is 0 Å². The van der Waals surface area contributed by atoms with Crippen LogP contribution in [0.5, 0.6) is 28.7 Å². The van der Waals surface area contributed by atoms with Crippen LogP contribution in [0.2, 0.25) is 0 Å². The molecule has 0 spiro atoms. The molecule has 9 nitrogen and oxygen atoms in total. The molecule has 0 bridgehead atoms. The SMILES string of the molecule is COc1cc([C@@H]2c3cc4c(cc3[C@@H](NCc3ccc(C)o3)[C@H]3COC(=O)[C@H]23)OCO4)cc(OC)c1OC. The lowest BCUT2D eigenvalue weighted by Gasteiger charge is -2.39. The quantitative estimate of drug-likeness (QED) is 0.474. The Bertz CT molecular complexity index is 1320. The number of fused-ring (bicyclic) bond motifs is 3. The number of ether oxygens (including phenoxy) is 6. The van der Waals surface area contributed by atoms with Gasteiger partial charge in [0.2, 0.25) is 12.5 Å². The van der Waals surface area contributed by atoms with Gasteiger partial charge in [-0.15, -0.1) is 0 Å². The molecular weight excluding hydrogens is 478 g/mol. The maximum absolute atomic E-state index is 13.3. The lowest BCUT2D eigenvalue weighted by atomic mass is 9.65. The molecule has 0 radical (unpaired) electrons. The monoisotopic (exact) mass is 507 g/mol. The molecule has 3 aliphatic rings. The van der Waals surface area contributed by atoms with Gasteiger partial charge in [0.15, 0.2) is 23.0 Å². The number of furan rings is 1.